The first kappa shape index (κ1) is 23.9. The number of hydrogen-bond acceptors (Lipinski definition) is 7. The third-order valence-corrected chi connectivity index (χ3v) is 7.76. The van der Waals surface area contributed by atoms with Gasteiger partial charge in [-0.15, -0.1) is 0 Å². The van der Waals surface area contributed by atoms with Crippen molar-refractivity contribution < 1.29 is 19.5 Å². The predicted octanol–water partition coefficient (Wildman–Crippen LogP) is 2.27. The number of para-hydroxylation sites is 1. The molecule has 2 saturated heterocycles. The van der Waals surface area contributed by atoms with E-state index in [1.54, 1.807) is 21.9 Å². The highest BCUT2D eigenvalue weighted by atomic mass is 16.8. The van der Waals surface area contributed by atoms with Gasteiger partial charge < -0.3 is 30.0 Å². The molecule has 2 N–H and O–H groups in total. The summed E-state index contributed by atoms with van der Waals surface area (Å²) in [5.41, 5.74) is 3.51. The minimum Gasteiger partial charge on any atom is -0.733 e. The number of H-pyrrole nitrogens is 1. The summed E-state index contributed by atoms with van der Waals surface area (Å²) in [5.74, 6) is -0.176. The molecule has 3 aromatic rings. The Morgan fingerprint density at radius 2 is 1.89 bits per heavy atom. The van der Waals surface area contributed by atoms with E-state index in [0.717, 1.165) is 61.4 Å². The summed E-state index contributed by atoms with van der Waals surface area (Å²) in [6.45, 7) is 4.66. The Kier molecular flexibility index (Phi) is 6.33. The molecule has 3 aliphatic heterocycles. The Morgan fingerprint density at radius 1 is 1.08 bits per heavy atom. The van der Waals surface area contributed by atoms with Crippen molar-refractivity contribution in [1.82, 2.24) is 19.7 Å². The number of aromatic nitrogens is 1. The van der Waals surface area contributed by atoms with Gasteiger partial charge in [-0.2, -0.15) is 0 Å². The molecule has 3 aliphatic rings. The van der Waals surface area contributed by atoms with Gasteiger partial charge in [0.1, 0.15) is 6.04 Å². The Bertz CT molecular complexity index is 1320. The van der Waals surface area contributed by atoms with Gasteiger partial charge in [-0.05, 0) is 35.7 Å². The number of morpholine rings is 1. The molecule has 10 nitrogen and oxygen atoms in total. The van der Waals surface area contributed by atoms with Crippen LogP contribution >= 0.6 is 0 Å². The molecule has 0 bridgehead atoms. The van der Waals surface area contributed by atoms with Crippen molar-refractivity contribution in [3.63, 3.8) is 0 Å². The van der Waals surface area contributed by atoms with Crippen LogP contribution in [-0.2, 0) is 20.7 Å². The molecule has 2 aromatic carbocycles. The number of amides is 2. The summed E-state index contributed by atoms with van der Waals surface area (Å²) in [7, 11) is 0. The molecule has 194 valence electrons. The van der Waals surface area contributed by atoms with Gasteiger partial charge in [0.05, 0.1) is 31.5 Å². The molecule has 6 rings (SSSR count). The average Bonchev–Trinajstić information content (AvgIpc) is 3.29. The maximum Gasteiger partial charge on any atom is 0.246 e. The van der Waals surface area contributed by atoms with Crippen LogP contribution in [0.4, 0.5) is 5.69 Å². The van der Waals surface area contributed by atoms with Crippen LogP contribution in [0.5, 0.6) is 0 Å². The van der Waals surface area contributed by atoms with E-state index in [0.29, 0.717) is 18.5 Å². The fraction of sp³-hybridized carbons (Fsp3) is 0.407. The van der Waals surface area contributed by atoms with Crippen molar-refractivity contribution in [2.45, 2.75) is 24.9 Å². The zero-order valence-corrected chi connectivity index (χ0v) is 20.5. The van der Waals surface area contributed by atoms with E-state index in [1.807, 2.05) is 30.3 Å². The lowest BCUT2D eigenvalue weighted by Gasteiger charge is -2.47. The van der Waals surface area contributed by atoms with Gasteiger partial charge in [0.25, 0.3) is 0 Å². The molecule has 37 heavy (non-hydrogen) atoms. The molecule has 2 atom stereocenters. The highest BCUT2D eigenvalue weighted by Crippen LogP contribution is 2.43. The number of nitrogens with one attached hydrogen (secondary N) is 1. The van der Waals surface area contributed by atoms with Gasteiger partial charge in [-0.1, -0.05) is 30.3 Å². The normalized spacial score (nSPS) is 22.3. The monoisotopic (exact) mass is 504 g/mol. The van der Waals surface area contributed by atoms with Gasteiger partial charge in [0.2, 0.25) is 11.8 Å². The number of anilines is 1. The first-order chi connectivity index (χ1) is 18.0. The van der Waals surface area contributed by atoms with Crippen LogP contribution in [0.15, 0.2) is 48.5 Å². The number of carbonyl (C=O) groups excluding carboxylic acids is 2. The smallest absolute Gasteiger partial charge is 0.246 e. The Labute approximate surface area is 214 Å². The summed E-state index contributed by atoms with van der Waals surface area (Å²) in [6, 6.07) is 13.3. The van der Waals surface area contributed by atoms with E-state index < -0.39 is 12.1 Å². The summed E-state index contributed by atoms with van der Waals surface area (Å²) < 4.78 is 5.41. The van der Waals surface area contributed by atoms with Crippen molar-refractivity contribution in [3.05, 3.63) is 70.6 Å². The minimum absolute atomic E-state index is 0.0257. The second kappa shape index (κ2) is 9.79. The number of fused-ring (bicyclic) bond motifs is 4. The Morgan fingerprint density at radius 3 is 2.70 bits per heavy atom. The van der Waals surface area contributed by atoms with E-state index in [-0.39, 0.29) is 29.3 Å². The number of carbonyl (C=O) groups is 2. The van der Waals surface area contributed by atoms with Crippen molar-refractivity contribution in [2.24, 2.45) is 0 Å². The first-order valence-corrected chi connectivity index (χ1v) is 12.8. The average molecular weight is 505 g/mol. The fourth-order valence-corrected chi connectivity index (χ4v) is 5.98. The molecule has 1 aromatic heterocycles. The molecule has 0 radical (unpaired) electrons. The Balaban J connectivity index is 1.33. The highest BCUT2D eigenvalue weighted by molar-refractivity contribution is 5.97. The van der Waals surface area contributed by atoms with Crippen LogP contribution in [0.2, 0.25) is 0 Å². The molecule has 1 unspecified atom stereocenters. The second-order valence-corrected chi connectivity index (χ2v) is 9.92. The van der Waals surface area contributed by atoms with E-state index in [2.05, 4.69) is 9.88 Å². The van der Waals surface area contributed by atoms with E-state index in [4.69, 9.17) is 4.74 Å². The standard InChI is InChI=1S/C27H30N5O5/c33-24-17-30(10-4-9-29-11-13-37-14-12-29)27(34)23-16-21-20-7-1-2-8-22(20)28-25(21)26(31(23)24)18-5-3-6-19(15-18)32(35)36/h1-3,5-8,15,23,26,28,35H,4,9-14,16-17H2/q-1/t23-,26?/m0/s1. The van der Waals surface area contributed by atoms with E-state index in [9.17, 15) is 20.0 Å². The van der Waals surface area contributed by atoms with Gasteiger partial charge in [-0.25, -0.2) is 0 Å². The number of nitrogens with zero attached hydrogens (tertiary/aromatic N) is 4. The third kappa shape index (κ3) is 4.36. The van der Waals surface area contributed by atoms with Crippen molar-refractivity contribution in [2.75, 3.05) is 51.2 Å². The van der Waals surface area contributed by atoms with Crippen LogP contribution in [0, 0.1) is 5.21 Å². The second-order valence-electron chi connectivity index (χ2n) is 9.92. The number of aromatic amines is 1. The molecular weight excluding hydrogens is 474 g/mol. The van der Waals surface area contributed by atoms with Crippen LogP contribution < -0.4 is 5.23 Å². The van der Waals surface area contributed by atoms with Crippen LogP contribution in [-0.4, -0.2) is 88.7 Å². The van der Waals surface area contributed by atoms with Gasteiger partial charge >= 0.3 is 0 Å². The summed E-state index contributed by atoms with van der Waals surface area (Å²) in [5, 5.41) is 22.0. The molecule has 2 amide bonds. The number of hydrogen-bond donors (Lipinski definition) is 2. The number of ether oxygens (including phenoxy) is 1. The molecular formula is C27H30N5O5-. The van der Waals surface area contributed by atoms with Crippen molar-refractivity contribution >= 4 is 28.4 Å². The summed E-state index contributed by atoms with van der Waals surface area (Å²) in [4.78, 5) is 36.6. The molecule has 10 heteroatoms. The van der Waals surface area contributed by atoms with Crippen molar-refractivity contribution in [3.8, 4) is 0 Å². The maximum atomic E-state index is 13.8. The van der Waals surface area contributed by atoms with Crippen LogP contribution in [0.25, 0.3) is 10.9 Å². The van der Waals surface area contributed by atoms with Gasteiger partial charge in [0, 0.05) is 49.2 Å². The van der Waals surface area contributed by atoms with Gasteiger partial charge in [0.15, 0.2) is 0 Å². The molecule has 2 fully saturated rings. The highest BCUT2D eigenvalue weighted by Gasteiger charge is 2.48. The first-order valence-electron chi connectivity index (χ1n) is 12.8. The van der Waals surface area contributed by atoms with Crippen LogP contribution in [0.3, 0.4) is 0 Å². The molecule has 0 aliphatic carbocycles. The van der Waals surface area contributed by atoms with Gasteiger partial charge in [-0.3, -0.25) is 19.7 Å². The molecule has 0 spiro atoms. The lowest BCUT2D eigenvalue weighted by molar-refractivity contribution is -0.158. The SMILES string of the molecule is O=C1[C@@H]2Cc3c([nH]c4ccccc34)C(c3cccc(N([O-])O)c3)N2C(=O)CN1CCCN1CCOCC1. The van der Waals surface area contributed by atoms with E-state index >= 15 is 0 Å². The number of rotatable bonds is 6. The van der Waals surface area contributed by atoms with Crippen LogP contribution in [0.1, 0.15) is 29.3 Å². The lowest BCUT2D eigenvalue weighted by atomic mass is 9.86. The molecule has 4 heterocycles. The zero-order valence-electron chi connectivity index (χ0n) is 20.5. The molecule has 0 saturated carbocycles. The predicted molar refractivity (Wildman–Crippen MR) is 137 cm³/mol. The zero-order chi connectivity index (χ0) is 25.5. The maximum absolute atomic E-state index is 13.8. The van der Waals surface area contributed by atoms with E-state index in [1.165, 1.54) is 6.07 Å². The summed E-state index contributed by atoms with van der Waals surface area (Å²) >= 11 is 0. The topological polar surface area (TPSA) is 115 Å². The largest absolute Gasteiger partial charge is 0.733 e. The Hall–Kier alpha value is -3.44. The fourth-order valence-electron chi connectivity index (χ4n) is 5.98. The quantitative estimate of drug-likeness (QED) is 0.495. The summed E-state index contributed by atoms with van der Waals surface area (Å²) in [6.07, 6.45) is 1.22. The third-order valence-electron chi connectivity index (χ3n) is 7.76. The number of benzene rings is 2. The number of piperazine rings is 1. The minimum atomic E-state index is -0.637. The van der Waals surface area contributed by atoms with Crippen molar-refractivity contribution in [1.29, 1.82) is 0 Å². The lowest BCUT2D eigenvalue weighted by Crippen LogP contribution is -2.63.